The van der Waals surface area contributed by atoms with Crippen molar-refractivity contribution in [2.24, 2.45) is 0 Å². The van der Waals surface area contributed by atoms with E-state index in [4.69, 9.17) is 16.7 Å². The third kappa shape index (κ3) is 2.98. The second-order valence-corrected chi connectivity index (χ2v) is 5.14. The fourth-order valence-corrected chi connectivity index (χ4v) is 2.62. The quantitative estimate of drug-likeness (QED) is 0.919. The Morgan fingerprint density at radius 1 is 1.53 bits per heavy atom. The van der Waals surface area contributed by atoms with Crippen molar-refractivity contribution in [2.75, 3.05) is 31.1 Å². The molecule has 2 heterocycles. The van der Waals surface area contributed by atoms with Crippen LogP contribution < -0.4 is 4.90 Å². The summed E-state index contributed by atoms with van der Waals surface area (Å²) in [6.45, 7) is 8.01. The van der Waals surface area contributed by atoms with Crippen LogP contribution in [0, 0.1) is 0 Å². The summed E-state index contributed by atoms with van der Waals surface area (Å²) in [7, 11) is 0. The van der Waals surface area contributed by atoms with E-state index in [2.05, 4.69) is 28.6 Å². The maximum Gasteiger partial charge on any atom is 0.356 e. The first-order valence-corrected chi connectivity index (χ1v) is 6.79. The molecule has 0 bridgehead atoms. The van der Waals surface area contributed by atoms with Crippen molar-refractivity contribution in [1.82, 2.24) is 9.88 Å². The van der Waals surface area contributed by atoms with E-state index < -0.39 is 5.97 Å². The number of nitrogens with zero attached hydrogens (tertiary/aromatic N) is 3. The number of rotatable bonds is 3. The highest BCUT2D eigenvalue weighted by Crippen LogP contribution is 2.21. The summed E-state index contributed by atoms with van der Waals surface area (Å²) in [5.74, 6) is -0.406. The van der Waals surface area contributed by atoms with E-state index in [1.54, 1.807) is 12.1 Å². The Hall–Kier alpha value is -1.33. The number of carbonyl (C=O) groups is 1. The van der Waals surface area contributed by atoms with E-state index in [0.717, 1.165) is 26.2 Å². The Bertz CT molecular complexity index is 481. The summed E-state index contributed by atoms with van der Waals surface area (Å²) < 4.78 is 0. The minimum absolute atomic E-state index is 0.0789. The van der Waals surface area contributed by atoms with Crippen molar-refractivity contribution in [1.29, 1.82) is 0 Å². The van der Waals surface area contributed by atoms with Gasteiger partial charge in [-0.15, -0.1) is 0 Å². The molecule has 0 saturated carbocycles. The predicted octanol–water partition coefficient (Wildman–Crippen LogP) is 1.96. The van der Waals surface area contributed by atoms with Crippen LogP contribution in [-0.4, -0.2) is 53.2 Å². The van der Waals surface area contributed by atoms with Gasteiger partial charge in [-0.05, 0) is 25.6 Å². The maximum atomic E-state index is 11.0. The summed E-state index contributed by atoms with van der Waals surface area (Å²) in [5.41, 5.74) is -0.0789. The molecule has 19 heavy (non-hydrogen) atoms. The van der Waals surface area contributed by atoms with Crippen molar-refractivity contribution < 1.29 is 9.90 Å². The van der Waals surface area contributed by atoms with Crippen LogP contribution in [0.25, 0.3) is 0 Å². The van der Waals surface area contributed by atoms with Gasteiger partial charge in [0, 0.05) is 25.7 Å². The van der Waals surface area contributed by atoms with Gasteiger partial charge in [0.2, 0.25) is 0 Å². The second-order valence-electron chi connectivity index (χ2n) is 4.73. The number of aromatic nitrogens is 1. The zero-order valence-electron chi connectivity index (χ0n) is 11.1. The molecule has 0 aliphatic carbocycles. The molecular formula is C13H18ClN3O2. The van der Waals surface area contributed by atoms with Crippen molar-refractivity contribution in [3.63, 3.8) is 0 Å². The molecule has 1 aliphatic heterocycles. The van der Waals surface area contributed by atoms with Gasteiger partial charge in [-0.3, -0.25) is 4.90 Å². The largest absolute Gasteiger partial charge is 0.476 e. The number of hydrogen-bond donors (Lipinski definition) is 1. The molecule has 1 unspecified atom stereocenters. The molecule has 0 amide bonds. The first-order valence-electron chi connectivity index (χ1n) is 6.41. The predicted molar refractivity (Wildman–Crippen MR) is 75.1 cm³/mol. The van der Waals surface area contributed by atoms with Crippen LogP contribution >= 0.6 is 11.6 Å². The van der Waals surface area contributed by atoms with Crippen LogP contribution in [-0.2, 0) is 0 Å². The van der Waals surface area contributed by atoms with Gasteiger partial charge in [-0.25, -0.2) is 9.78 Å². The summed E-state index contributed by atoms with van der Waals surface area (Å²) in [5, 5.41) is 9.22. The molecule has 0 aromatic carbocycles. The Kier molecular flexibility index (Phi) is 4.27. The molecule has 1 N–H and O–H groups in total. The van der Waals surface area contributed by atoms with Crippen LogP contribution in [0.2, 0.25) is 5.02 Å². The lowest BCUT2D eigenvalue weighted by atomic mass is 10.2. The van der Waals surface area contributed by atoms with Crippen molar-refractivity contribution in [2.45, 2.75) is 19.9 Å². The molecule has 1 aromatic rings. The lowest BCUT2D eigenvalue weighted by Gasteiger charge is -2.40. The van der Waals surface area contributed by atoms with Crippen molar-refractivity contribution >= 4 is 23.4 Å². The molecule has 1 aliphatic rings. The van der Waals surface area contributed by atoms with Gasteiger partial charge in [0.15, 0.2) is 5.69 Å². The Balaban J connectivity index is 2.19. The van der Waals surface area contributed by atoms with E-state index in [9.17, 15) is 4.79 Å². The third-order valence-corrected chi connectivity index (χ3v) is 3.83. The SMILES string of the molecule is CCN1CCN(c2ccc(Cl)c(C(=O)O)n2)CC1C. The number of piperazine rings is 1. The molecule has 104 valence electrons. The minimum atomic E-state index is -1.09. The number of carboxylic acid groups (broad SMARTS) is 1. The normalized spacial score (nSPS) is 20.6. The lowest BCUT2D eigenvalue weighted by molar-refractivity contribution is 0.0691. The van der Waals surface area contributed by atoms with Gasteiger partial charge < -0.3 is 10.0 Å². The smallest absolute Gasteiger partial charge is 0.356 e. The van der Waals surface area contributed by atoms with Crippen LogP contribution in [0.15, 0.2) is 12.1 Å². The number of carboxylic acids is 1. The van der Waals surface area contributed by atoms with Gasteiger partial charge >= 0.3 is 5.97 Å². The molecule has 5 nitrogen and oxygen atoms in total. The lowest BCUT2D eigenvalue weighted by Crippen LogP contribution is -2.52. The average molecular weight is 284 g/mol. The van der Waals surface area contributed by atoms with Gasteiger partial charge in [-0.1, -0.05) is 18.5 Å². The molecule has 0 spiro atoms. The molecule has 0 radical (unpaired) electrons. The van der Waals surface area contributed by atoms with Crippen LogP contribution in [0.5, 0.6) is 0 Å². The number of anilines is 1. The topological polar surface area (TPSA) is 56.7 Å². The molecule has 2 rings (SSSR count). The summed E-state index contributed by atoms with van der Waals surface area (Å²) in [6.07, 6.45) is 0. The third-order valence-electron chi connectivity index (χ3n) is 3.53. The Labute approximate surface area is 117 Å². The maximum absolute atomic E-state index is 11.0. The average Bonchev–Trinajstić information content (AvgIpc) is 2.38. The number of aromatic carboxylic acids is 1. The number of likely N-dealkylation sites (N-methyl/N-ethyl adjacent to an activating group) is 1. The zero-order chi connectivity index (χ0) is 14.0. The highest BCUT2D eigenvalue weighted by molar-refractivity contribution is 6.33. The van der Waals surface area contributed by atoms with E-state index in [0.29, 0.717) is 11.9 Å². The van der Waals surface area contributed by atoms with Crippen LogP contribution in [0.3, 0.4) is 0 Å². The Morgan fingerprint density at radius 3 is 2.84 bits per heavy atom. The molecular weight excluding hydrogens is 266 g/mol. The monoisotopic (exact) mass is 283 g/mol. The van der Waals surface area contributed by atoms with E-state index in [-0.39, 0.29) is 10.7 Å². The van der Waals surface area contributed by atoms with Gasteiger partial charge in [-0.2, -0.15) is 0 Å². The second kappa shape index (κ2) is 5.75. The molecule has 1 fully saturated rings. The molecule has 1 aromatic heterocycles. The van der Waals surface area contributed by atoms with Crippen molar-refractivity contribution in [3.05, 3.63) is 22.8 Å². The summed E-state index contributed by atoms with van der Waals surface area (Å²) >= 11 is 5.83. The number of pyridine rings is 1. The van der Waals surface area contributed by atoms with Gasteiger partial charge in [0.1, 0.15) is 5.82 Å². The first kappa shape index (κ1) is 14.1. The van der Waals surface area contributed by atoms with E-state index in [1.165, 1.54) is 0 Å². The Morgan fingerprint density at radius 2 is 2.26 bits per heavy atom. The van der Waals surface area contributed by atoms with Crippen LogP contribution in [0.1, 0.15) is 24.3 Å². The molecule has 1 atom stereocenters. The fourth-order valence-electron chi connectivity index (χ4n) is 2.43. The highest BCUT2D eigenvalue weighted by atomic mass is 35.5. The first-order chi connectivity index (χ1) is 9.02. The summed E-state index contributed by atoms with van der Waals surface area (Å²) in [6, 6.07) is 3.82. The standard InChI is InChI=1S/C13H18ClN3O2/c1-3-16-6-7-17(8-9(16)2)11-5-4-10(14)12(15-11)13(18)19/h4-5,9H,3,6-8H2,1-2H3,(H,18,19). The van der Waals surface area contributed by atoms with Gasteiger partial charge in [0.05, 0.1) is 5.02 Å². The number of halogens is 1. The number of hydrogen-bond acceptors (Lipinski definition) is 4. The molecule has 6 heteroatoms. The fraction of sp³-hybridized carbons (Fsp3) is 0.538. The van der Waals surface area contributed by atoms with Gasteiger partial charge in [0.25, 0.3) is 0 Å². The minimum Gasteiger partial charge on any atom is -0.476 e. The van der Waals surface area contributed by atoms with E-state index >= 15 is 0 Å². The molecule has 1 saturated heterocycles. The van der Waals surface area contributed by atoms with Crippen LogP contribution in [0.4, 0.5) is 5.82 Å². The zero-order valence-corrected chi connectivity index (χ0v) is 11.9. The van der Waals surface area contributed by atoms with Crippen molar-refractivity contribution in [3.8, 4) is 0 Å². The highest BCUT2D eigenvalue weighted by Gasteiger charge is 2.24. The van der Waals surface area contributed by atoms with E-state index in [1.807, 2.05) is 0 Å². The summed E-state index contributed by atoms with van der Waals surface area (Å²) in [4.78, 5) is 19.7.